The quantitative estimate of drug-likeness (QED) is 0.274. The van der Waals surface area contributed by atoms with E-state index in [0.717, 1.165) is 91.3 Å². The molecule has 5 rings (SSSR count). The van der Waals surface area contributed by atoms with Crippen molar-refractivity contribution in [1.29, 1.82) is 0 Å². The van der Waals surface area contributed by atoms with Crippen LogP contribution in [0.25, 0.3) is 22.9 Å². The molecule has 0 saturated carbocycles. The van der Waals surface area contributed by atoms with Gasteiger partial charge in [0, 0.05) is 42.4 Å². The van der Waals surface area contributed by atoms with Crippen molar-refractivity contribution >= 4 is 27.4 Å². The second-order valence-corrected chi connectivity index (χ2v) is 10.7. The molecule has 0 unspecified atom stereocenters. The average molecular weight is 565 g/mol. The van der Waals surface area contributed by atoms with E-state index in [0.29, 0.717) is 18.4 Å². The van der Waals surface area contributed by atoms with E-state index >= 15 is 0 Å². The first kappa shape index (κ1) is 25.7. The minimum absolute atomic E-state index is 0.272. The van der Waals surface area contributed by atoms with E-state index in [1.807, 2.05) is 36.5 Å². The Morgan fingerprint density at radius 1 is 0.946 bits per heavy atom. The maximum atomic E-state index is 6.24. The molecule has 0 spiro atoms. The van der Waals surface area contributed by atoms with Gasteiger partial charge in [-0.2, -0.15) is 0 Å². The van der Waals surface area contributed by atoms with E-state index in [1.165, 1.54) is 0 Å². The number of pyridine rings is 1. The molecule has 0 N–H and O–H groups in total. The summed E-state index contributed by atoms with van der Waals surface area (Å²) in [5.41, 5.74) is 2.91. The Labute approximate surface area is 227 Å². The molecule has 2 aromatic heterocycles. The van der Waals surface area contributed by atoms with Crippen LogP contribution in [-0.4, -0.2) is 54.1 Å². The second kappa shape index (κ2) is 12.0. The van der Waals surface area contributed by atoms with Crippen molar-refractivity contribution in [3.8, 4) is 22.9 Å². The van der Waals surface area contributed by atoms with Gasteiger partial charge >= 0.3 is 0 Å². The van der Waals surface area contributed by atoms with Gasteiger partial charge in [0.15, 0.2) is 0 Å². The number of piperidine rings is 2. The zero-order chi connectivity index (χ0) is 25.6. The molecule has 7 nitrogen and oxygen atoms in total. The molecule has 1 aromatic carbocycles. The van der Waals surface area contributed by atoms with Gasteiger partial charge < -0.3 is 19.0 Å². The number of ether oxygens (including phenoxy) is 1. The number of hydrogen-bond acceptors (Lipinski definition) is 7. The highest BCUT2D eigenvalue weighted by Gasteiger charge is 2.24. The predicted molar refractivity (Wildman–Crippen MR) is 152 cm³/mol. The number of allylic oxidation sites excluding steroid dienone is 1. The molecule has 8 heteroatoms. The number of halogens is 1. The molecule has 2 fully saturated rings. The molecular formula is C29H34BrN5O2. The summed E-state index contributed by atoms with van der Waals surface area (Å²) < 4.78 is 13.1. The fourth-order valence-electron chi connectivity index (χ4n) is 5.22. The second-order valence-electron chi connectivity index (χ2n) is 9.74. The van der Waals surface area contributed by atoms with Crippen LogP contribution < -0.4 is 9.80 Å². The Balaban J connectivity index is 1.33. The van der Waals surface area contributed by atoms with Crippen LogP contribution in [-0.2, 0) is 4.74 Å². The van der Waals surface area contributed by atoms with Crippen LogP contribution in [0.1, 0.15) is 32.1 Å². The smallest absolute Gasteiger partial charge is 0.250 e. The fraction of sp³-hybridized carbons (Fsp3) is 0.414. The van der Waals surface area contributed by atoms with Gasteiger partial charge in [-0.05, 0) is 68.4 Å². The third kappa shape index (κ3) is 6.13. The molecule has 2 aliphatic heterocycles. The first-order chi connectivity index (χ1) is 18.1. The lowest BCUT2D eigenvalue weighted by atomic mass is 9.93. The van der Waals surface area contributed by atoms with Crippen molar-refractivity contribution in [2.75, 3.05) is 42.6 Å². The third-order valence-corrected chi connectivity index (χ3v) is 7.77. The van der Waals surface area contributed by atoms with Crippen molar-refractivity contribution in [3.63, 3.8) is 0 Å². The van der Waals surface area contributed by atoms with Gasteiger partial charge in [0.1, 0.15) is 5.82 Å². The Morgan fingerprint density at radius 3 is 2.46 bits per heavy atom. The molecule has 0 bridgehead atoms. The van der Waals surface area contributed by atoms with Crippen LogP contribution >= 0.6 is 15.9 Å². The lowest BCUT2D eigenvalue weighted by molar-refractivity contribution is 0.0563. The average Bonchev–Trinajstić information content (AvgIpc) is 3.43. The first-order valence-corrected chi connectivity index (χ1v) is 13.9. The Kier molecular flexibility index (Phi) is 8.36. The van der Waals surface area contributed by atoms with Gasteiger partial charge in [-0.15, -0.1) is 23.4 Å². The highest BCUT2D eigenvalue weighted by molar-refractivity contribution is 9.10. The summed E-state index contributed by atoms with van der Waals surface area (Å²) in [7, 11) is 0. The molecule has 2 aliphatic rings. The number of hydrogen-bond donors (Lipinski definition) is 0. The zero-order valence-corrected chi connectivity index (χ0v) is 22.8. The van der Waals surface area contributed by atoms with Crippen molar-refractivity contribution in [2.45, 2.75) is 38.2 Å². The molecule has 0 amide bonds. The highest BCUT2D eigenvalue weighted by atomic mass is 79.9. The van der Waals surface area contributed by atoms with Crippen LogP contribution in [0.15, 0.2) is 70.7 Å². The lowest BCUT2D eigenvalue weighted by Gasteiger charge is -2.34. The number of nitrogens with zero attached hydrogens (tertiary/aromatic N) is 5. The third-order valence-electron chi connectivity index (χ3n) is 7.28. The Hall–Kier alpha value is -2.97. The lowest BCUT2D eigenvalue weighted by Crippen LogP contribution is -2.37. The normalized spacial score (nSPS) is 17.2. The number of aromatic nitrogens is 3. The van der Waals surface area contributed by atoms with Crippen LogP contribution in [0.5, 0.6) is 0 Å². The SMILES string of the molecule is C=CCOC1CCN(c2cc(Br)ccc2-c2nnc(-c3ccnc(N4CCC(CC=C)CC4)c3)o2)CC1. The Bertz CT molecular complexity index is 1210. The molecule has 0 radical (unpaired) electrons. The van der Waals surface area contributed by atoms with Gasteiger partial charge in [-0.25, -0.2) is 4.98 Å². The molecule has 37 heavy (non-hydrogen) atoms. The summed E-state index contributed by atoms with van der Waals surface area (Å²) in [6, 6.07) is 10.2. The molecule has 3 aromatic rings. The summed E-state index contributed by atoms with van der Waals surface area (Å²) in [6.07, 6.45) is 11.3. The van der Waals surface area contributed by atoms with Crippen LogP contribution in [0.3, 0.4) is 0 Å². The summed E-state index contributed by atoms with van der Waals surface area (Å²) in [6.45, 7) is 12.1. The summed E-state index contributed by atoms with van der Waals surface area (Å²) in [5, 5.41) is 8.84. The highest BCUT2D eigenvalue weighted by Crippen LogP contribution is 2.36. The minimum atomic E-state index is 0.272. The molecular weight excluding hydrogens is 530 g/mol. The zero-order valence-electron chi connectivity index (χ0n) is 21.2. The van der Waals surface area contributed by atoms with Gasteiger partial charge in [-0.3, -0.25) is 0 Å². The first-order valence-electron chi connectivity index (χ1n) is 13.1. The van der Waals surface area contributed by atoms with Crippen molar-refractivity contribution in [1.82, 2.24) is 15.2 Å². The van der Waals surface area contributed by atoms with E-state index < -0.39 is 0 Å². The summed E-state index contributed by atoms with van der Waals surface area (Å²) >= 11 is 3.64. The molecule has 4 heterocycles. The van der Waals surface area contributed by atoms with Crippen molar-refractivity contribution in [2.24, 2.45) is 5.92 Å². The number of rotatable bonds is 9. The van der Waals surface area contributed by atoms with Gasteiger partial charge in [-0.1, -0.05) is 28.1 Å². The predicted octanol–water partition coefficient (Wildman–Crippen LogP) is 6.53. The van der Waals surface area contributed by atoms with E-state index in [9.17, 15) is 0 Å². The fourth-order valence-corrected chi connectivity index (χ4v) is 5.57. The molecule has 0 atom stereocenters. The van der Waals surface area contributed by atoms with Crippen LogP contribution in [0.4, 0.5) is 11.5 Å². The monoisotopic (exact) mass is 563 g/mol. The maximum Gasteiger partial charge on any atom is 0.250 e. The van der Waals surface area contributed by atoms with E-state index in [4.69, 9.17) is 9.15 Å². The van der Waals surface area contributed by atoms with E-state index in [-0.39, 0.29) is 6.10 Å². The largest absolute Gasteiger partial charge is 0.416 e. The number of benzene rings is 1. The van der Waals surface area contributed by atoms with Crippen molar-refractivity contribution < 1.29 is 9.15 Å². The maximum absolute atomic E-state index is 6.24. The Morgan fingerprint density at radius 2 is 1.70 bits per heavy atom. The van der Waals surface area contributed by atoms with Crippen LogP contribution in [0.2, 0.25) is 0 Å². The standard InChI is InChI=1S/C29H34BrN5O2/c1-3-5-21-9-14-35(15-10-21)27-19-22(8-13-31-27)28-32-33-29(37-28)25-7-6-23(30)20-26(25)34-16-11-24(12-17-34)36-18-4-2/h3-4,6-8,13,19-21,24H,1-2,5,9-12,14-18H2. The van der Waals surface area contributed by atoms with Gasteiger partial charge in [0.2, 0.25) is 11.8 Å². The van der Waals surface area contributed by atoms with Gasteiger partial charge in [0.05, 0.1) is 24.0 Å². The molecule has 2 saturated heterocycles. The number of anilines is 2. The topological polar surface area (TPSA) is 67.5 Å². The van der Waals surface area contributed by atoms with Gasteiger partial charge in [0.25, 0.3) is 0 Å². The molecule has 0 aliphatic carbocycles. The van der Waals surface area contributed by atoms with E-state index in [2.05, 4.69) is 66.2 Å². The van der Waals surface area contributed by atoms with Crippen molar-refractivity contribution in [3.05, 3.63) is 66.3 Å². The van der Waals surface area contributed by atoms with E-state index in [1.54, 1.807) is 0 Å². The molecule has 194 valence electrons. The minimum Gasteiger partial charge on any atom is -0.416 e. The summed E-state index contributed by atoms with van der Waals surface area (Å²) in [5.74, 6) is 2.71. The summed E-state index contributed by atoms with van der Waals surface area (Å²) in [4.78, 5) is 9.34. The van der Waals surface area contributed by atoms with Crippen LogP contribution in [0, 0.1) is 5.92 Å².